The summed E-state index contributed by atoms with van der Waals surface area (Å²) < 4.78 is 0. The minimum atomic E-state index is -0.776. The molecule has 1 unspecified atom stereocenters. The summed E-state index contributed by atoms with van der Waals surface area (Å²) in [5.41, 5.74) is 3.34. The minimum Gasteiger partial charge on any atom is -0.480 e. The van der Waals surface area contributed by atoms with Gasteiger partial charge in [-0.05, 0) is 24.1 Å². The molecular formula is C19H19N3O2. The van der Waals surface area contributed by atoms with E-state index in [0.717, 1.165) is 23.6 Å². The standard InChI is InChI=1S/C19H19N3O2/c23-19(24)17-10-11-20-18-15-8-4-5-9-16(15)21(13-22(17)18)12-14-6-2-1-3-7-14/h1-9,17H,10-13H2,(H,23,24). The van der Waals surface area contributed by atoms with Gasteiger partial charge in [-0.25, -0.2) is 4.79 Å². The number of carboxylic acid groups (broad SMARTS) is 1. The van der Waals surface area contributed by atoms with Gasteiger partial charge in [0, 0.05) is 24.3 Å². The zero-order chi connectivity index (χ0) is 16.5. The van der Waals surface area contributed by atoms with Crippen LogP contribution in [0, 0.1) is 0 Å². The monoisotopic (exact) mass is 321 g/mol. The number of fused-ring (bicyclic) bond motifs is 3. The molecule has 0 aromatic heterocycles. The van der Waals surface area contributed by atoms with Gasteiger partial charge < -0.3 is 14.9 Å². The summed E-state index contributed by atoms with van der Waals surface area (Å²) in [4.78, 5) is 20.4. The van der Waals surface area contributed by atoms with Gasteiger partial charge in [0.25, 0.3) is 0 Å². The molecule has 0 amide bonds. The molecule has 24 heavy (non-hydrogen) atoms. The van der Waals surface area contributed by atoms with Crippen LogP contribution in [-0.2, 0) is 11.3 Å². The van der Waals surface area contributed by atoms with Crippen LogP contribution >= 0.6 is 0 Å². The van der Waals surface area contributed by atoms with E-state index in [1.165, 1.54) is 5.56 Å². The molecule has 5 nitrogen and oxygen atoms in total. The molecule has 0 spiro atoms. The average Bonchev–Trinajstić information content (AvgIpc) is 2.62. The van der Waals surface area contributed by atoms with Gasteiger partial charge in [-0.3, -0.25) is 4.99 Å². The molecule has 2 aromatic rings. The number of rotatable bonds is 3. The Morgan fingerprint density at radius 3 is 2.67 bits per heavy atom. The van der Waals surface area contributed by atoms with Crippen molar-refractivity contribution in [3.8, 4) is 0 Å². The van der Waals surface area contributed by atoms with E-state index in [4.69, 9.17) is 0 Å². The maximum Gasteiger partial charge on any atom is 0.326 e. The molecule has 1 N–H and O–H groups in total. The van der Waals surface area contributed by atoms with Crippen molar-refractivity contribution >= 4 is 17.5 Å². The lowest BCUT2D eigenvalue weighted by Gasteiger charge is -2.44. The highest BCUT2D eigenvalue weighted by atomic mass is 16.4. The molecule has 0 aliphatic carbocycles. The van der Waals surface area contributed by atoms with Crippen LogP contribution in [0.2, 0.25) is 0 Å². The third kappa shape index (κ3) is 2.52. The number of aliphatic carboxylic acids is 1. The molecule has 2 heterocycles. The fourth-order valence-electron chi connectivity index (χ4n) is 3.49. The molecule has 2 aliphatic heterocycles. The van der Waals surface area contributed by atoms with Gasteiger partial charge in [0.2, 0.25) is 0 Å². The summed E-state index contributed by atoms with van der Waals surface area (Å²) in [6.07, 6.45) is 0.556. The van der Waals surface area contributed by atoms with E-state index >= 15 is 0 Å². The van der Waals surface area contributed by atoms with Gasteiger partial charge in [0.1, 0.15) is 11.9 Å². The first-order chi connectivity index (χ1) is 11.7. The average molecular weight is 321 g/mol. The quantitative estimate of drug-likeness (QED) is 0.944. The first-order valence-electron chi connectivity index (χ1n) is 8.16. The Morgan fingerprint density at radius 2 is 1.88 bits per heavy atom. The van der Waals surface area contributed by atoms with E-state index < -0.39 is 12.0 Å². The smallest absolute Gasteiger partial charge is 0.326 e. The number of aliphatic imine (C=N–C) groups is 1. The van der Waals surface area contributed by atoms with Crippen molar-refractivity contribution < 1.29 is 9.90 Å². The largest absolute Gasteiger partial charge is 0.480 e. The molecule has 0 bridgehead atoms. The van der Waals surface area contributed by atoms with Gasteiger partial charge in [-0.2, -0.15) is 0 Å². The number of para-hydroxylation sites is 1. The second-order valence-electron chi connectivity index (χ2n) is 6.16. The van der Waals surface area contributed by atoms with Crippen LogP contribution in [0.1, 0.15) is 17.5 Å². The Balaban J connectivity index is 1.74. The van der Waals surface area contributed by atoms with Crippen molar-refractivity contribution in [1.82, 2.24) is 4.90 Å². The topological polar surface area (TPSA) is 56.1 Å². The normalized spacial score (nSPS) is 19.3. The Kier molecular flexibility index (Phi) is 3.69. The zero-order valence-electron chi connectivity index (χ0n) is 13.3. The van der Waals surface area contributed by atoms with E-state index in [9.17, 15) is 9.90 Å². The van der Waals surface area contributed by atoms with Crippen LogP contribution in [0.15, 0.2) is 59.6 Å². The van der Waals surface area contributed by atoms with Crippen LogP contribution < -0.4 is 4.90 Å². The predicted molar refractivity (Wildman–Crippen MR) is 93.2 cm³/mol. The highest BCUT2D eigenvalue weighted by Gasteiger charge is 2.37. The molecule has 1 atom stereocenters. The molecule has 2 aromatic carbocycles. The second kappa shape index (κ2) is 6.00. The fraction of sp³-hybridized carbons (Fsp3) is 0.263. The second-order valence-corrected chi connectivity index (χ2v) is 6.16. The molecule has 0 saturated heterocycles. The molecule has 0 saturated carbocycles. The third-order valence-corrected chi connectivity index (χ3v) is 4.62. The van der Waals surface area contributed by atoms with Gasteiger partial charge in [0.05, 0.1) is 6.67 Å². The first-order valence-corrected chi connectivity index (χ1v) is 8.16. The van der Waals surface area contributed by atoms with Crippen LogP contribution in [-0.4, -0.2) is 41.1 Å². The number of hydrogen-bond donors (Lipinski definition) is 1. The van der Waals surface area contributed by atoms with Crippen LogP contribution in [0.3, 0.4) is 0 Å². The Bertz CT molecular complexity index is 788. The van der Waals surface area contributed by atoms with Crippen molar-refractivity contribution in [2.24, 2.45) is 4.99 Å². The summed E-state index contributed by atoms with van der Waals surface area (Å²) in [7, 11) is 0. The molecule has 2 aliphatic rings. The van der Waals surface area contributed by atoms with Crippen molar-refractivity contribution in [3.05, 3.63) is 65.7 Å². The summed E-state index contributed by atoms with van der Waals surface area (Å²) in [5.74, 6) is 0.0370. The number of hydrogen-bond acceptors (Lipinski definition) is 4. The Labute approximate surface area is 140 Å². The van der Waals surface area contributed by atoms with E-state index in [1.807, 2.05) is 41.3 Å². The predicted octanol–water partition coefficient (Wildman–Crippen LogP) is 2.57. The highest BCUT2D eigenvalue weighted by Crippen LogP contribution is 2.32. The van der Waals surface area contributed by atoms with Gasteiger partial charge in [0.15, 0.2) is 0 Å². The summed E-state index contributed by atoms with van der Waals surface area (Å²) in [6.45, 7) is 1.85. The number of carboxylic acids is 1. The maximum atomic E-state index is 11.7. The van der Waals surface area contributed by atoms with E-state index in [-0.39, 0.29) is 0 Å². The van der Waals surface area contributed by atoms with Gasteiger partial charge in [-0.15, -0.1) is 0 Å². The van der Waals surface area contributed by atoms with Crippen LogP contribution in [0.25, 0.3) is 0 Å². The SMILES string of the molecule is O=C(O)C1CCN=C2c3ccccc3N(Cc3ccccc3)CN21. The molecule has 0 fully saturated rings. The lowest BCUT2D eigenvalue weighted by molar-refractivity contribution is -0.142. The lowest BCUT2D eigenvalue weighted by Crippen LogP contribution is -2.55. The zero-order valence-corrected chi connectivity index (χ0v) is 13.3. The first kappa shape index (κ1) is 14.8. The van der Waals surface area contributed by atoms with Crippen molar-refractivity contribution in [1.29, 1.82) is 0 Å². The van der Waals surface area contributed by atoms with Crippen LogP contribution in [0.5, 0.6) is 0 Å². The Morgan fingerprint density at radius 1 is 1.12 bits per heavy atom. The Hall–Kier alpha value is -2.82. The highest BCUT2D eigenvalue weighted by molar-refractivity contribution is 6.07. The van der Waals surface area contributed by atoms with Gasteiger partial charge in [-0.1, -0.05) is 42.5 Å². The summed E-state index contributed by atoms with van der Waals surface area (Å²) >= 11 is 0. The number of anilines is 1. The summed E-state index contributed by atoms with van der Waals surface area (Å²) in [5, 5.41) is 9.59. The lowest BCUT2D eigenvalue weighted by atomic mass is 10.0. The van der Waals surface area contributed by atoms with Crippen molar-refractivity contribution in [2.75, 3.05) is 18.1 Å². The molecular weight excluding hydrogens is 302 g/mol. The van der Waals surface area contributed by atoms with Crippen molar-refractivity contribution in [2.45, 2.75) is 19.0 Å². The third-order valence-electron chi connectivity index (χ3n) is 4.62. The molecule has 5 heteroatoms. The number of carbonyl (C=O) groups is 1. The number of amidine groups is 1. The number of benzene rings is 2. The van der Waals surface area contributed by atoms with Crippen molar-refractivity contribution in [3.63, 3.8) is 0 Å². The van der Waals surface area contributed by atoms with Crippen LogP contribution in [0.4, 0.5) is 5.69 Å². The van der Waals surface area contributed by atoms with E-state index in [2.05, 4.69) is 28.1 Å². The van der Waals surface area contributed by atoms with E-state index in [0.29, 0.717) is 19.6 Å². The molecule has 122 valence electrons. The fourth-order valence-corrected chi connectivity index (χ4v) is 3.49. The van der Waals surface area contributed by atoms with E-state index in [1.54, 1.807) is 0 Å². The molecule has 4 rings (SSSR count). The molecule has 0 radical (unpaired) electrons. The minimum absolute atomic E-state index is 0.510. The number of nitrogens with zero attached hydrogens (tertiary/aromatic N) is 3. The maximum absolute atomic E-state index is 11.7. The summed E-state index contributed by atoms with van der Waals surface area (Å²) in [6, 6.07) is 17.9. The van der Waals surface area contributed by atoms with Gasteiger partial charge >= 0.3 is 5.97 Å².